The highest BCUT2D eigenvalue weighted by molar-refractivity contribution is 5.93. The normalized spacial score (nSPS) is 17.0. The number of amides is 1. The van der Waals surface area contributed by atoms with Crippen LogP contribution >= 0.6 is 0 Å². The number of benzene rings is 1. The van der Waals surface area contributed by atoms with E-state index in [0.717, 1.165) is 0 Å². The number of aromatic nitrogens is 2. The fourth-order valence-electron chi connectivity index (χ4n) is 2.90. The van der Waals surface area contributed by atoms with Gasteiger partial charge in [-0.05, 0) is 18.2 Å². The van der Waals surface area contributed by atoms with Crippen LogP contribution in [0.15, 0.2) is 57.9 Å². The fourth-order valence-corrected chi connectivity index (χ4v) is 2.90. The van der Waals surface area contributed by atoms with Crippen LogP contribution in [0.2, 0.25) is 0 Å². The van der Waals surface area contributed by atoms with Gasteiger partial charge >= 0.3 is 0 Å². The van der Waals surface area contributed by atoms with Crippen LogP contribution in [0.5, 0.6) is 5.88 Å². The molecule has 4 rings (SSSR count). The molecule has 0 bridgehead atoms. The molecule has 1 unspecified atom stereocenters. The van der Waals surface area contributed by atoms with Crippen molar-refractivity contribution in [3.8, 4) is 5.88 Å². The van der Waals surface area contributed by atoms with Crippen molar-refractivity contribution in [1.82, 2.24) is 15.1 Å². The first kappa shape index (κ1) is 15.3. The average molecular weight is 337 g/mol. The van der Waals surface area contributed by atoms with Crippen LogP contribution in [0.3, 0.4) is 0 Å². The molecule has 1 fully saturated rings. The summed E-state index contributed by atoms with van der Waals surface area (Å²) in [6, 6.07) is 11.6. The van der Waals surface area contributed by atoms with E-state index in [1.807, 2.05) is 0 Å². The molecule has 126 valence electrons. The van der Waals surface area contributed by atoms with Crippen molar-refractivity contribution in [3.05, 3.63) is 64.6 Å². The lowest BCUT2D eigenvalue weighted by Crippen LogP contribution is -2.31. The molecule has 1 aromatic carbocycles. The van der Waals surface area contributed by atoms with Gasteiger partial charge in [-0.3, -0.25) is 9.59 Å². The standard InChI is InChI=1S/C18H15N3O4/c22-14-10-16(25-15-5-2-1-4-13(14)15)18(23)21-9-7-12(11-21)24-17-6-3-8-19-20-17/h1-6,8,10,12H,7,9,11H2. The van der Waals surface area contributed by atoms with Crippen LogP contribution in [0.1, 0.15) is 17.0 Å². The van der Waals surface area contributed by atoms with E-state index in [9.17, 15) is 9.59 Å². The molecule has 1 aliphatic heterocycles. The highest BCUT2D eigenvalue weighted by Gasteiger charge is 2.30. The molecule has 0 saturated carbocycles. The van der Waals surface area contributed by atoms with E-state index in [0.29, 0.717) is 36.4 Å². The maximum absolute atomic E-state index is 12.7. The first-order valence-electron chi connectivity index (χ1n) is 7.97. The zero-order valence-corrected chi connectivity index (χ0v) is 13.3. The number of carbonyl (C=O) groups is 1. The first-order chi connectivity index (χ1) is 12.2. The van der Waals surface area contributed by atoms with E-state index in [2.05, 4.69) is 10.2 Å². The topological polar surface area (TPSA) is 85.5 Å². The second-order valence-electron chi connectivity index (χ2n) is 5.81. The maximum Gasteiger partial charge on any atom is 0.289 e. The van der Waals surface area contributed by atoms with Crippen molar-refractivity contribution in [2.75, 3.05) is 13.1 Å². The Morgan fingerprint density at radius 2 is 2.12 bits per heavy atom. The zero-order chi connectivity index (χ0) is 17.2. The van der Waals surface area contributed by atoms with Gasteiger partial charge in [0.1, 0.15) is 11.7 Å². The summed E-state index contributed by atoms with van der Waals surface area (Å²) in [5, 5.41) is 8.10. The largest absolute Gasteiger partial charge is 0.471 e. The van der Waals surface area contributed by atoms with Crippen LogP contribution in [-0.2, 0) is 0 Å². The molecule has 0 spiro atoms. The van der Waals surface area contributed by atoms with E-state index in [-0.39, 0.29) is 23.2 Å². The van der Waals surface area contributed by atoms with E-state index < -0.39 is 0 Å². The quantitative estimate of drug-likeness (QED) is 0.725. The highest BCUT2D eigenvalue weighted by atomic mass is 16.5. The predicted molar refractivity (Wildman–Crippen MR) is 89.5 cm³/mol. The third-order valence-electron chi connectivity index (χ3n) is 4.11. The molecule has 3 aromatic rings. The monoisotopic (exact) mass is 337 g/mol. The molecule has 1 aliphatic rings. The van der Waals surface area contributed by atoms with Crippen LogP contribution in [0, 0.1) is 0 Å². The minimum absolute atomic E-state index is 0.0452. The van der Waals surface area contributed by atoms with Gasteiger partial charge < -0.3 is 14.1 Å². The third-order valence-corrected chi connectivity index (χ3v) is 4.11. The molecule has 1 amide bonds. The van der Waals surface area contributed by atoms with Crippen molar-refractivity contribution in [2.45, 2.75) is 12.5 Å². The number of fused-ring (bicyclic) bond motifs is 1. The number of ether oxygens (including phenoxy) is 1. The molecule has 2 aromatic heterocycles. The van der Waals surface area contributed by atoms with Gasteiger partial charge in [0, 0.05) is 31.3 Å². The van der Waals surface area contributed by atoms with Crippen molar-refractivity contribution >= 4 is 16.9 Å². The zero-order valence-electron chi connectivity index (χ0n) is 13.3. The summed E-state index contributed by atoms with van der Waals surface area (Å²) in [6.45, 7) is 0.937. The molecular formula is C18H15N3O4. The molecule has 0 N–H and O–H groups in total. The van der Waals surface area contributed by atoms with E-state index >= 15 is 0 Å². The molecule has 7 heteroatoms. The lowest BCUT2D eigenvalue weighted by molar-refractivity contribution is 0.0740. The fraction of sp³-hybridized carbons (Fsp3) is 0.222. The minimum atomic E-state index is -0.312. The summed E-state index contributed by atoms with van der Waals surface area (Å²) >= 11 is 0. The second-order valence-corrected chi connectivity index (χ2v) is 5.81. The lowest BCUT2D eigenvalue weighted by Gasteiger charge is -2.16. The first-order valence-corrected chi connectivity index (χ1v) is 7.97. The van der Waals surface area contributed by atoms with E-state index in [1.165, 1.54) is 6.07 Å². The minimum Gasteiger partial charge on any atom is -0.471 e. The van der Waals surface area contributed by atoms with Crippen LogP contribution in [0.4, 0.5) is 0 Å². The van der Waals surface area contributed by atoms with E-state index in [1.54, 1.807) is 47.5 Å². The van der Waals surface area contributed by atoms with Gasteiger partial charge in [-0.15, -0.1) is 5.10 Å². The molecule has 7 nitrogen and oxygen atoms in total. The summed E-state index contributed by atoms with van der Waals surface area (Å²) in [4.78, 5) is 26.4. The summed E-state index contributed by atoms with van der Waals surface area (Å²) in [7, 11) is 0. The summed E-state index contributed by atoms with van der Waals surface area (Å²) in [5.74, 6) is 0.163. The summed E-state index contributed by atoms with van der Waals surface area (Å²) in [5.41, 5.74) is 0.182. The Balaban J connectivity index is 1.51. The Kier molecular flexibility index (Phi) is 3.89. The van der Waals surface area contributed by atoms with Gasteiger partial charge in [-0.25, -0.2) is 0 Å². The Morgan fingerprint density at radius 1 is 1.24 bits per heavy atom. The highest BCUT2D eigenvalue weighted by Crippen LogP contribution is 2.19. The Labute approximate surface area is 142 Å². The number of para-hydroxylation sites is 1. The Morgan fingerprint density at radius 3 is 2.96 bits per heavy atom. The lowest BCUT2D eigenvalue weighted by atomic mass is 10.2. The molecule has 1 atom stereocenters. The van der Waals surface area contributed by atoms with Crippen molar-refractivity contribution < 1.29 is 13.9 Å². The van der Waals surface area contributed by atoms with Crippen LogP contribution in [0.25, 0.3) is 11.0 Å². The summed E-state index contributed by atoms with van der Waals surface area (Å²) < 4.78 is 11.3. The van der Waals surface area contributed by atoms with Gasteiger partial charge in [0.15, 0.2) is 11.2 Å². The summed E-state index contributed by atoms with van der Waals surface area (Å²) in [6.07, 6.45) is 2.09. The van der Waals surface area contributed by atoms with Gasteiger partial charge in [0.25, 0.3) is 5.91 Å². The van der Waals surface area contributed by atoms with Gasteiger partial charge in [0.05, 0.1) is 11.9 Å². The molecule has 0 radical (unpaired) electrons. The Bertz CT molecular complexity index is 971. The van der Waals surface area contributed by atoms with Crippen LogP contribution < -0.4 is 10.2 Å². The van der Waals surface area contributed by atoms with Gasteiger partial charge in [0.2, 0.25) is 5.88 Å². The number of nitrogens with zero attached hydrogens (tertiary/aromatic N) is 3. The number of carbonyl (C=O) groups excluding carboxylic acids is 1. The molecular weight excluding hydrogens is 322 g/mol. The number of likely N-dealkylation sites (tertiary alicyclic amines) is 1. The van der Waals surface area contributed by atoms with E-state index in [4.69, 9.17) is 9.15 Å². The molecule has 0 aliphatic carbocycles. The number of hydrogen-bond acceptors (Lipinski definition) is 6. The SMILES string of the molecule is O=C(c1cc(=O)c2ccccc2o1)N1CCC(Oc2cccnn2)C1. The predicted octanol–water partition coefficient (Wildman–Crippen LogP) is 1.88. The maximum atomic E-state index is 12.7. The smallest absolute Gasteiger partial charge is 0.289 e. The van der Waals surface area contributed by atoms with Gasteiger partial charge in [-0.2, -0.15) is 5.10 Å². The molecule has 1 saturated heterocycles. The third kappa shape index (κ3) is 3.08. The van der Waals surface area contributed by atoms with Crippen molar-refractivity contribution in [2.24, 2.45) is 0 Å². The van der Waals surface area contributed by atoms with Crippen molar-refractivity contribution in [3.63, 3.8) is 0 Å². The number of rotatable bonds is 3. The molecule has 3 heterocycles. The van der Waals surface area contributed by atoms with Crippen molar-refractivity contribution in [1.29, 1.82) is 0 Å². The average Bonchev–Trinajstić information content (AvgIpc) is 3.10. The molecule has 25 heavy (non-hydrogen) atoms. The Hall–Kier alpha value is -3.22. The van der Waals surface area contributed by atoms with Gasteiger partial charge in [-0.1, -0.05) is 12.1 Å². The number of hydrogen-bond donors (Lipinski definition) is 0. The van der Waals surface area contributed by atoms with Crippen LogP contribution in [-0.4, -0.2) is 40.2 Å². The second kappa shape index (κ2) is 6.35.